The summed E-state index contributed by atoms with van der Waals surface area (Å²) in [5, 5.41) is 4.16. The van der Waals surface area contributed by atoms with Crippen molar-refractivity contribution in [2.75, 3.05) is 43.1 Å². The van der Waals surface area contributed by atoms with Gasteiger partial charge in [0.1, 0.15) is 30.1 Å². The molecule has 0 spiro atoms. The fourth-order valence-electron chi connectivity index (χ4n) is 4.62. The molecular formula is C23H27N7O3. The molecule has 0 aromatic carbocycles. The van der Waals surface area contributed by atoms with Gasteiger partial charge in [-0.2, -0.15) is 4.98 Å². The number of anilines is 2. The van der Waals surface area contributed by atoms with Crippen LogP contribution in [-0.4, -0.2) is 69.1 Å². The lowest BCUT2D eigenvalue weighted by Gasteiger charge is -2.33. The topological polar surface area (TPSA) is 110 Å². The maximum Gasteiger partial charge on any atom is 0.258 e. The second kappa shape index (κ2) is 7.65. The van der Waals surface area contributed by atoms with Crippen LogP contribution < -0.4 is 10.2 Å². The summed E-state index contributed by atoms with van der Waals surface area (Å²) in [5.74, 6) is 2.16. The third kappa shape index (κ3) is 3.68. The quantitative estimate of drug-likeness (QED) is 0.642. The van der Waals surface area contributed by atoms with Crippen LogP contribution in [0.15, 0.2) is 17.0 Å². The standard InChI is InChI=1S/C23H27N7O3/c1-14-26-19(28-23(2)4-5-23)18-16(12-33-21(18)27-14)22(31)30-6-3-15-17(11-30)24-13-25-20(15)29-7-9-32-10-8-29/h12-13H,3-11H2,1-2H3,(H,26,27,28). The number of hydrogen-bond donors (Lipinski definition) is 1. The Morgan fingerprint density at radius 1 is 1.15 bits per heavy atom. The average molecular weight is 450 g/mol. The molecule has 3 aromatic heterocycles. The fourth-order valence-corrected chi connectivity index (χ4v) is 4.62. The molecule has 3 aliphatic rings. The highest BCUT2D eigenvalue weighted by molar-refractivity contribution is 6.09. The van der Waals surface area contributed by atoms with E-state index in [0.717, 1.165) is 43.0 Å². The zero-order valence-corrected chi connectivity index (χ0v) is 18.9. The number of nitrogens with one attached hydrogen (secondary N) is 1. The van der Waals surface area contributed by atoms with E-state index in [9.17, 15) is 4.79 Å². The molecule has 0 atom stereocenters. The molecule has 33 heavy (non-hydrogen) atoms. The molecule has 0 bridgehead atoms. The van der Waals surface area contributed by atoms with Crippen LogP contribution in [0.5, 0.6) is 0 Å². The van der Waals surface area contributed by atoms with E-state index in [0.29, 0.717) is 61.0 Å². The highest BCUT2D eigenvalue weighted by atomic mass is 16.5. The number of hydrogen-bond acceptors (Lipinski definition) is 9. The number of ether oxygens (including phenoxy) is 1. The van der Waals surface area contributed by atoms with Crippen LogP contribution in [0.25, 0.3) is 11.1 Å². The molecule has 1 saturated heterocycles. The summed E-state index contributed by atoms with van der Waals surface area (Å²) in [6.07, 6.45) is 5.97. The first-order valence-corrected chi connectivity index (χ1v) is 11.5. The van der Waals surface area contributed by atoms with Crippen molar-refractivity contribution in [1.29, 1.82) is 0 Å². The van der Waals surface area contributed by atoms with Gasteiger partial charge in [0.05, 0.1) is 36.4 Å². The van der Waals surface area contributed by atoms with Gasteiger partial charge in [-0.25, -0.2) is 15.0 Å². The minimum atomic E-state index is -0.0950. The van der Waals surface area contributed by atoms with Crippen LogP contribution in [0, 0.1) is 6.92 Å². The van der Waals surface area contributed by atoms with Gasteiger partial charge in [0.25, 0.3) is 5.91 Å². The predicted molar refractivity (Wildman–Crippen MR) is 121 cm³/mol. The number of carbonyl (C=O) groups is 1. The molecule has 10 nitrogen and oxygen atoms in total. The fraction of sp³-hybridized carbons (Fsp3) is 0.522. The van der Waals surface area contributed by atoms with E-state index in [1.165, 1.54) is 6.26 Å². The average Bonchev–Trinajstić information content (AvgIpc) is 3.40. The predicted octanol–water partition coefficient (Wildman–Crippen LogP) is 2.32. The summed E-state index contributed by atoms with van der Waals surface area (Å²) < 4.78 is 11.2. The third-order valence-electron chi connectivity index (χ3n) is 6.78. The molecule has 1 saturated carbocycles. The van der Waals surface area contributed by atoms with Crippen molar-refractivity contribution in [2.24, 2.45) is 0 Å². The first kappa shape index (κ1) is 20.3. The molecule has 0 unspecified atom stereocenters. The van der Waals surface area contributed by atoms with Crippen molar-refractivity contribution in [2.45, 2.75) is 45.2 Å². The molecule has 10 heteroatoms. The largest absolute Gasteiger partial charge is 0.445 e. The maximum absolute atomic E-state index is 13.6. The van der Waals surface area contributed by atoms with Crippen molar-refractivity contribution in [1.82, 2.24) is 24.8 Å². The van der Waals surface area contributed by atoms with Gasteiger partial charge in [-0.15, -0.1) is 0 Å². The van der Waals surface area contributed by atoms with Gasteiger partial charge in [-0.1, -0.05) is 0 Å². The molecule has 5 heterocycles. The first-order valence-electron chi connectivity index (χ1n) is 11.5. The summed E-state index contributed by atoms with van der Waals surface area (Å²) >= 11 is 0. The Morgan fingerprint density at radius 2 is 1.97 bits per heavy atom. The van der Waals surface area contributed by atoms with E-state index in [1.807, 2.05) is 11.8 Å². The molecule has 2 fully saturated rings. The van der Waals surface area contributed by atoms with Gasteiger partial charge in [-0.05, 0) is 33.1 Å². The van der Waals surface area contributed by atoms with Crippen LogP contribution >= 0.6 is 0 Å². The molecule has 1 aliphatic carbocycles. The smallest absolute Gasteiger partial charge is 0.258 e. The summed E-state index contributed by atoms with van der Waals surface area (Å²) in [7, 11) is 0. The number of furan rings is 1. The Morgan fingerprint density at radius 3 is 2.76 bits per heavy atom. The van der Waals surface area contributed by atoms with Crippen molar-refractivity contribution in [3.05, 3.63) is 35.2 Å². The summed E-state index contributed by atoms with van der Waals surface area (Å²) in [4.78, 5) is 35.7. The lowest BCUT2D eigenvalue weighted by atomic mass is 10.0. The number of nitrogens with zero attached hydrogens (tertiary/aromatic N) is 6. The van der Waals surface area contributed by atoms with Crippen LogP contribution in [0.3, 0.4) is 0 Å². The number of aromatic nitrogens is 4. The summed E-state index contributed by atoms with van der Waals surface area (Å²) in [5.41, 5.74) is 2.97. The second-order valence-electron chi connectivity index (χ2n) is 9.33. The van der Waals surface area contributed by atoms with E-state index in [2.05, 4.69) is 37.1 Å². The monoisotopic (exact) mass is 449 g/mol. The second-order valence-corrected chi connectivity index (χ2v) is 9.33. The van der Waals surface area contributed by atoms with E-state index in [4.69, 9.17) is 9.15 Å². The van der Waals surface area contributed by atoms with Crippen LogP contribution in [0.2, 0.25) is 0 Å². The normalized spacial score (nSPS) is 19.5. The number of carbonyl (C=O) groups excluding carboxylic acids is 1. The molecule has 1 amide bonds. The van der Waals surface area contributed by atoms with E-state index in [1.54, 1.807) is 6.33 Å². The number of aryl methyl sites for hydroxylation is 1. The van der Waals surface area contributed by atoms with Gasteiger partial charge >= 0.3 is 0 Å². The number of morpholine rings is 1. The summed E-state index contributed by atoms with van der Waals surface area (Å²) in [6, 6.07) is 0. The zero-order valence-electron chi connectivity index (χ0n) is 18.9. The van der Waals surface area contributed by atoms with Crippen LogP contribution in [0.4, 0.5) is 11.6 Å². The minimum Gasteiger partial charge on any atom is -0.445 e. The van der Waals surface area contributed by atoms with Crippen molar-refractivity contribution in [3.8, 4) is 0 Å². The molecular weight excluding hydrogens is 422 g/mol. The molecule has 1 N–H and O–H groups in total. The molecule has 2 aliphatic heterocycles. The Balaban J connectivity index is 1.30. The molecule has 172 valence electrons. The highest BCUT2D eigenvalue weighted by Gasteiger charge is 2.39. The molecule has 6 rings (SSSR count). The minimum absolute atomic E-state index is 0.0161. The van der Waals surface area contributed by atoms with E-state index < -0.39 is 0 Å². The van der Waals surface area contributed by atoms with Gasteiger partial charge < -0.3 is 24.3 Å². The zero-order chi connectivity index (χ0) is 22.6. The Kier molecular flexibility index (Phi) is 4.72. The van der Waals surface area contributed by atoms with Crippen molar-refractivity contribution in [3.63, 3.8) is 0 Å². The third-order valence-corrected chi connectivity index (χ3v) is 6.78. The van der Waals surface area contributed by atoms with Gasteiger partial charge in [-0.3, -0.25) is 4.79 Å². The Labute approximate surface area is 191 Å². The SMILES string of the molecule is Cc1nc(NC2(C)CC2)c2c(C(=O)N3CCc4c(ncnc4N4CCOCC4)C3)coc2n1. The van der Waals surface area contributed by atoms with E-state index >= 15 is 0 Å². The van der Waals surface area contributed by atoms with Crippen molar-refractivity contribution < 1.29 is 13.9 Å². The Bertz CT molecular complexity index is 1230. The van der Waals surface area contributed by atoms with Gasteiger partial charge in [0.2, 0.25) is 5.71 Å². The van der Waals surface area contributed by atoms with Crippen molar-refractivity contribution >= 4 is 28.6 Å². The van der Waals surface area contributed by atoms with Crippen LogP contribution in [-0.2, 0) is 17.7 Å². The lowest BCUT2D eigenvalue weighted by molar-refractivity contribution is 0.0732. The number of amides is 1. The molecule has 3 aromatic rings. The van der Waals surface area contributed by atoms with E-state index in [-0.39, 0.29) is 11.4 Å². The number of rotatable bonds is 4. The maximum atomic E-state index is 13.6. The Hall–Kier alpha value is -3.27. The highest BCUT2D eigenvalue weighted by Crippen LogP contribution is 2.40. The van der Waals surface area contributed by atoms with Gasteiger partial charge in [0.15, 0.2) is 0 Å². The molecule has 0 radical (unpaired) electrons. The summed E-state index contributed by atoms with van der Waals surface area (Å²) in [6.45, 7) is 8.07. The van der Waals surface area contributed by atoms with Crippen LogP contribution in [0.1, 0.15) is 47.2 Å². The number of fused-ring (bicyclic) bond motifs is 2. The lowest BCUT2D eigenvalue weighted by Crippen LogP contribution is -2.40. The first-order chi connectivity index (χ1) is 16.0. The van der Waals surface area contributed by atoms with Gasteiger partial charge in [0, 0.05) is 30.7 Å².